The standard InChI is InChI=1S/C42H43N3/c1-7-18-30(4)19-17-26-40-38(36-24-15-16-25-37(36)39(9-3)44-40)29-45(6)42-35-23-14-13-22-33(35)27-28-41(42)43-31(5)34(8-2)32-20-11-10-12-21-32/h7-18,20-28,38,40,43H,2-4,19,29H2,1,5-6H3/b18-7-,26-17+,34-31-. The molecule has 1 aliphatic heterocycles. The molecule has 0 aliphatic carbocycles. The number of allylic oxidation sites excluding steroid dienone is 8. The van der Waals surface area contributed by atoms with Gasteiger partial charge in [-0.1, -0.05) is 141 Å². The largest absolute Gasteiger partial charge is 0.372 e. The fourth-order valence-electron chi connectivity index (χ4n) is 6.29. The Morgan fingerprint density at radius 1 is 0.933 bits per heavy atom. The number of fused-ring (bicyclic) bond motifs is 2. The molecule has 0 radical (unpaired) electrons. The normalized spacial score (nSPS) is 16.6. The summed E-state index contributed by atoms with van der Waals surface area (Å²) in [4.78, 5) is 7.61. The Kier molecular flexibility index (Phi) is 10.1. The molecule has 3 nitrogen and oxygen atoms in total. The summed E-state index contributed by atoms with van der Waals surface area (Å²) < 4.78 is 0. The number of aliphatic imine (C=N–C) groups is 1. The quantitative estimate of drug-likeness (QED) is 0.131. The van der Waals surface area contributed by atoms with E-state index in [-0.39, 0.29) is 12.0 Å². The fourth-order valence-corrected chi connectivity index (χ4v) is 6.29. The Morgan fingerprint density at radius 3 is 2.42 bits per heavy atom. The predicted octanol–water partition coefficient (Wildman–Crippen LogP) is 10.5. The van der Waals surface area contributed by atoms with Crippen LogP contribution in [-0.4, -0.2) is 25.3 Å². The van der Waals surface area contributed by atoms with Crippen molar-refractivity contribution in [3.05, 3.63) is 175 Å². The van der Waals surface area contributed by atoms with E-state index in [4.69, 9.17) is 4.99 Å². The maximum atomic E-state index is 5.22. The van der Waals surface area contributed by atoms with Crippen molar-refractivity contribution in [1.29, 1.82) is 0 Å². The van der Waals surface area contributed by atoms with Gasteiger partial charge in [0.05, 0.1) is 23.1 Å². The zero-order valence-corrected chi connectivity index (χ0v) is 26.7. The highest BCUT2D eigenvalue weighted by Gasteiger charge is 2.30. The molecule has 4 aromatic carbocycles. The number of rotatable bonds is 12. The molecular formula is C42H43N3. The van der Waals surface area contributed by atoms with E-state index in [9.17, 15) is 0 Å². The third-order valence-corrected chi connectivity index (χ3v) is 8.41. The molecule has 45 heavy (non-hydrogen) atoms. The van der Waals surface area contributed by atoms with Crippen LogP contribution in [-0.2, 0) is 0 Å². The molecule has 0 amide bonds. The third kappa shape index (κ3) is 6.99. The van der Waals surface area contributed by atoms with E-state index < -0.39 is 0 Å². The van der Waals surface area contributed by atoms with E-state index in [2.05, 4.69) is 147 Å². The molecule has 0 fully saturated rings. The Hall–Kier alpha value is -5.15. The van der Waals surface area contributed by atoms with Gasteiger partial charge in [0.15, 0.2) is 0 Å². The lowest BCUT2D eigenvalue weighted by atomic mass is 9.83. The van der Waals surface area contributed by atoms with Crippen molar-refractivity contribution in [2.24, 2.45) is 4.99 Å². The van der Waals surface area contributed by atoms with Crippen LogP contribution in [0.2, 0.25) is 0 Å². The van der Waals surface area contributed by atoms with Crippen LogP contribution >= 0.6 is 0 Å². The molecule has 5 rings (SSSR count). The molecule has 4 aromatic rings. The first-order chi connectivity index (χ1) is 21.9. The van der Waals surface area contributed by atoms with Crippen LogP contribution in [0.4, 0.5) is 11.4 Å². The number of nitrogens with zero attached hydrogens (tertiary/aromatic N) is 2. The second kappa shape index (κ2) is 14.5. The average Bonchev–Trinajstić information content (AvgIpc) is 3.06. The maximum Gasteiger partial charge on any atom is 0.0773 e. The van der Waals surface area contributed by atoms with Crippen molar-refractivity contribution >= 4 is 33.4 Å². The van der Waals surface area contributed by atoms with Crippen molar-refractivity contribution < 1.29 is 0 Å². The SMILES string of the molecule is C=CC1=NC(/C=C/CC(=C)/C=C\C)C(CN(C)c2c(N/C(C)=C(/C=C)c3ccccc3)ccc3ccccc23)c2ccccc21. The number of hydrogen-bond donors (Lipinski definition) is 1. The molecule has 1 N–H and O–H groups in total. The van der Waals surface area contributed by atoms with E-state index in [0.717, 1.165) is 58.0 Å². The summed E-state index contributed by atoms with van der Waals surface area (Å²) in [5.41, 5.74) is 9.94. The third-order valence-electron chi connectivity index (χ3n) is 8.41. The average molecular weight is 590 g/mol. The van der Waals surface area contributed by atoms with E-state index in [0.29, 0.717) is 0 Å². The van der Waals surface area contributed by atoms with Crippen LogP contribution in [0.1, 0.15) is 42.9 Å². The lowest BCUT2D eigenvalue weighted by Gasteiger charge is -2.35. The molecular weight excluding hydrogens is 546 g/mol. The monoisotopic (exact) mass is 589 g/mol. The van der Waals surface area contributed by atoms with Gasteiger partial charge in [0.25, 0.3) is 0 Å². The first-order valence-electron chi connectivity index (χ1n) is 15.6. The molecule has 1 heterocycles. The Morgan fingerprint density at radius 2 is 1.67 bits per heavy atom. The summed E-state index contributed by atoms with van der Waals surface area (Å²) >= 11 is 0. The zero-order valence-electron chi connectivity index (χ0n) is 26.7. The van der Waals surface area contributed by atoms with Crippen LogP contribution in [0.5, 0.6) is 0 Å². The van der Waals surface area contributed by atoms with Crippen molar-refractivity contribution in [3.63, 3.8) is 0 Å². The number of nitrogens with one attached hydrogen (secondary N) is 1. The molecule has 2 atom stereocenters. The zero-order chi connectivity index (χ0) is 31.8. The molecule has 2 unspecified atom stereocenters. The van der Waals surface area contributed by atoms with E-state index in [1.54, 1.807) is 0 Å². The number of anilines is 2. The van der Waals surface area contributed by atoms with Gasteiger partial charge in [0.2, 0.25) is 0 Å². The predicted molar refractivity (Wildman–Crippen MR) is 197 cm³/mol. The minimum absolute atomic E-state index is 0.0350. The first kappa shape index (κ1) is 31.3. The van der Waals surface area contributed by atoms with Gasteiger partial charge >= 0.3 is 0 Å². The number of hydrogen-bond acceptors (Lipinski definition) is 3. The Labute approximate surface area is 269 Å². The molecule has 1 aliphatic rings. The highest BCUT2D eigenvalue weighted by Crippen LogP contribution is 2.39. The molecule has 3 heteroatoms. The summed E-state index contributed by atoms with van der Waals surface area (Å²) in [6, 6.07) is 32.0. The van der Waals surface area contributed by atoms with Gasteiger partial charge in [0, 0.05) is 41.7 Å². The van der Waals surface area contributed by atoms with Crippen molar-refractivity contribution in [2.75, 3.05) is 23.8 Å². The number of likely N-dealkylation sites (N-methyl/N-ethyl adjacent to an activating group) is 1. The van der Waals surface area contributed by atoms with Crippen LogP contribution in [0.25, 0.3) is 16.3 Å². The van der Waals surface area contributed by atoms with Gasteiger partial charge < -0.3 is 10.2 Å². The topological polar surface area (TPSA) is 27.6 Å². The van der Waals surface area contributed by atoms with Gasteiger partial charge in [-0.25, -0.2) is 0 Å². The van der Waals surface area contributed by atoms with Gasteiger partial charge in [0.1, 0.15) is 0 Å². The van der Waals surface area contributed by atoms with E-state index >= 15 is 0 Å². The maximum absolute atomic E-state index is 5.22. The van der Waals surface area contributed by atoms with Gasteiger partial charge in [-0.05, 0) is 48.9 Å². The Balaban J connectivity index is 1.56. The van der Waals surface area contributed by atoms with Gasteiger partial charge in [-0.15, -0.1) is 0 Å². The number of benzene rings is 4. The smallest absolute Gasteiger partial charge is 0.0773 e. The van der Waals surface area contributed by atoms with Crippen LogP contribution in [0, 0.1) is 0 Å². The minimum atomic E-state index is -0.0350. The van der Waals surface area contributed by atoms with Crippen molar-refractivity contribution in [3.8, 4) is 0 Å². The molecule has 226 valence electrons. The summed E-state index contributed by atoms with van der Waals surface area (Å²) in [6.07, 6.45) is 13.1. The minimum Gasteiger partial charge on any atom is -0.372 e. The van der Waals surface area contributed by atoms with Crippen molar-refractivity contribution in [2.45, 2.75) is 32.2 Å². The molecule has 0 saturated heterocycles. The summed E-state index contributed by atoms with van der Waals surface area (Å²) in [6.45, 7) is 17.3. The lowest BCUT2D eigenvalue weighted by molar-refractivity contribution is 0.597. The first-order valence-corrected chi connectivity index (χ1v) is 15.6. The second-order valence-corrected chi connectivity index (χ2v) is 11.5. The van der Waals surface area contributed by atoms with Crippen LogP contribution in [0.3, 0.4) is 0 Å². The fraction of sp³-hybridized carbons (Fsp3) is 0.167. The van der Waals surface area contributed by atoms with E-state index in [1.807, 2.05) is 31.2 Å². The summed E-state index contributed by atoms with van der Waals surface area (Å²) in [5.74, 6) is 0.137. The molecule has 0 bridgehead atoms. The van der Waals surface area contributed by atoms with E-state index in [1.165, 1.54) is 16.3 Å². The summed E-state index contributed by atoms with van der Waals surface area (Å²) in [7, 11) is 2.20. The molecule has 0 saturated carbocycles. The highest BCUT2D eigenvalue weighted by molar-refractivity contribution is 6.10. The summed E-state index contributed by atoms with van der Waals surface area (Å²) in [5, 5.41) is 6.17. The van der Waals surface area contributed by atoms with Gasteiger partial charge in [-0.2, -0.15) is 0 Å². The van der Waals surface area contributed by atoms with Crippen molar-refractivity contribution in [1.82, 2.24) is 0 Å². The van der Waals surface area contributed by atoms with Crippen LogP contribution < -0.4 is 10.2 Å². The van der Waals surface area contributed by atoms with Gasteiger partial charge in [-0.3, -0.25) is 4.99 Å². The Bertz CT molecular complexity index is 1820. The molecule has 0 aromatic heterocycles. The lowest BCUT2D eigenvalue weighted by Crippen LogP contribution is -2.34. The second-order valence-electron chi connectivity index (χ2n) is 11.5. The highest BCUT2D eigenvalue weighted by atomic mass is 15.1. The molecule has 0 spiro atoms. The van der Waals surface area contributed by atoms with Crippen LogP contribution in [0.15, 0.2) is 163 Å².